The van der Waals surface area contributed by atoms with Crippen molar-refractivity contribution in [3.05, 3.63) is 23.8 Å². The van der Waals surface area contributed by atoms with E-state index in [1.54, 1.807) is 6.07 Å². The maximum Gasteiger partial charge on any atom is 0.227 e. The van der Waals surface area contributed by atoms with Gasteiger partial charge in [0.05, 0.1) is 5.92 Å². The number of nitrogens with one attached hydrogen (secondary N) is 1. The standard InChI is InChI=1S/C13H19NO3/c1-3-7-14-13(17)10(4-2)9-5-6-11(15)12(16)8-9/h5-6,8,10,15-16H,3-4,7H2,1-2H3,(H,14,17). The van der Waals surface area contributed by atoms with Crippen LogP contribution in [-0.4, -0.2) is 22.7 Å². The van der Waals surface area contributed by atoms with Gasteiger partial charge in [-0.2, -0.15) is 0 Å². The number of benzene rings is 1. The molecular weight excluding hydrogens is 218 g/mol. The third kappa shape index (κ3) is 3.37. The number of hydrogen-bond acceptors (Lipinski definition) is 3. The fourth-order valence-corrected chi connectivity index (χ4v) is 1.70. The molecule has 1 atom stereocenters. The predicted octanol–water partition coefficient (Wildman–Crippen LogP) is 2.12. The molecule has 0 spiro atoms. The average Bonchev–Trinajstić information content (AvgIpc) is 2.32. The predicted molar refractivity (Wildman–Crippen MR) is 66.1 cm³/mol. The van der Waals surface area contributed by atoms with Gasteiger partial charge in [0.1, 0.15) is 0 Å². The molecule has 0 aromatic heterocycles. The van der Waals surface area contributed by atoms with Gasteiger partial charge in [-0.05, 0) is 30.5 Å². The van der Waals surface area contributed by atoms with Crippen LogP contribution in [0, 0.1) is 0 Å². The van der Waals surface area contributed by atoms with Gasteiger partial charge < -0.3 is 15.5 Å². The summed E-state index contributed by atoms with van der Waals surface area (Å²) in [6.07, 6.45) is 1.54. The van der Waals surface area contributed by atoms with Gasteiger partial charge >= 0.3 is 0 Å². The summed E-state index contributed by atoms with van der Waals surface area (Å²) in [4.78, 5) is 11.9. The van der Waals surface area contributed by atoms with E-state index in [0.717, 1.165) is 12.0 Å². The van der Waals surface area contributed by atoms with Gasteiger partial charge in [-0.1, -0.05) is 19.9 Å². The Labute approximate surface area is 101 Å². The zero-order valence-electron chi connectivity index (χ0n) is 10.2. The lowest BCUT2D eigenvalue weighted by molar-refractivity contribution is -0.122. The number of carbonyl (C=O) groups is 1. The molecule has 4 nitrogen and oxygen atoms in total. The fourth-order valence-electron chi connectivity index (χ4n) is 1.70. The molecule has 0 heterocycles. The molecular formula is C13H19NO3. The summed E-state index contributed by atoms with van der Waals surface area (Å²) in [6.45, 7) is 4.56. The first-order chi connectivity index (χ1) is 8.10. The highest BCUT2D eigenvalue weighted by atomic mass is 16.3. The first kappa shape index (κ1) is 13.4. The second kappa shape index (κ2) is 6.13. The molecule has 94 valence electrons. The molecule has 0 fully saturated rings. The van der Waals surface area contributed by atoms with Gasteiger partial charge in [-0.25, -0.2) is 0 Å². The van der Waals surface area contributed by atoms with Crippen LogP contribution >= 0.6 is 0 Å². The van der Waals surface area contributed by atoms with Gasteiger partial charge in [0.15, 0.2) is 11.5 Å². The summed E-state index contributed by atoms with van der Waals surface area (Å²) in [5.74, 6) is -0.686. The zero-order valence-corrected chi connectivity index (χ0v) is 10.2. The number of carbonyl (C=O) groups excluding carboxylic acids is 1. The highest BCUT2D eigenvalue weighted by molar-refractivity contribution is 5.83. The van der Waals surface area contributed by atoms with E-state index < -0.39 is 0 Å². The van der Waals surface area contributed by atoms with Crippen LogP contribution in [0.4, 0.5) is 0 Å². The minimum Gasteiger partial charge on any atom is -0.504 e. The summed E-state index contributed by atoms with van der Waals surface area (Å²) in [5, 5.41) is 21.5. The van der Waals surface area contributed by atoms with Gasteiger partial charge in [0.25, 0.3) is 0 Å². The molecule has 1 aromatic rings. The lowest BCUT2D eigenvalue weighted by Crippen LogP contribution is -2.29. The van der Waals surface area contributed by atoms with Crippen LogP contribution < -0.4 is 5.32 Å². The van der Waals surface area contributed by atoms with Crippen molar-refractivity contribution in [2.45, 2.75) is 32.6 Å². The van der Waals surface area contributed by atoms with Crippen LogP contribution in [0.2, 0.25) is 0 Å². The van der Waals surface area contributed by atoms with Gasteiger partial charge in [-0.3, -0.25) is 4.79 Å². The van der Waals surface area contributed by atoms with Crippen LogP contribution in [0.3, 0.4) is 0 Å². The monoisotopic (exact) mass is 237 g/mol. The van der Waals surface area contributed by atoms with Crippen molar-refractivity contribution in [3.8, 4) is 11.5 Å². The molecule has 4 heteroatoms. The van der Waals surface area contributed by atoms with E-state index in [9.17, 15) is 15.0 Å². The van der Waals surface area contributed by atoms with E-state index in [1.807, 2.05) is 13.8 Å². The highest BCUT2D eigenvalue weighted by Gasteiger charge is 2.19. The Morgan fingerprint density at radius 3 is 2.53 bits per heavy atom. The normalized spacial score (nSPS) is 12.1. The smallest absolute Gasteiger partial charge is 0.227 e. The molecule has 0 saturated carbocycles. The molecule has 0 bridgehead atoms. The molecule has 0 aliphatic carbocycles. The maximum absolute atomic E-state index is 11.9. The number of phenolic OH excluding ortho intramolecular Hbond substituents is 2. The lowest BCUT2D eigenvalue weighted by atomic mass is 9.95. The Balaban J connectivity index is 2.85. The molecule has 0 aliphatic rings. The maximum atomic E-state index is 11.9. The number of phenols is 2. The highest BCUT2D eigenvalue weighted by Crippen LogP contribution is 2.29. The van der Waals surface area contributed by atoms with Crippen LogP contribution in [0.25, 0.3) is 0 Å². The summed E-state index contributed by atoms with van der Waals surface area (Å²) in [5.41, 5.74) is 0.719. The van der Waals surface area contributed by atoms with E-state index in [2.05, 4.69) is 5.32 Å². The zero-order chi connectivity index (χ0) is 12.8. The SMILES string of the molecule is CCCNC(=O)C(CC)c1ccc(O)c(O)c1. The fraction of sp³-hybridized carbons (Fsp3) is 0.462. The quantitative estimate of drug-likeness (QED) is 0.687. The number of amides is 1. The topological polar surface area (TPSA) is 69.6 Å². The van der Waals surface area contributed by atoms with E-state index in [4.69, 9.17) is 0 Å². The summed E-state index contributed by atoms with van der Waals surface area (Å²) in [7, 11) is 0. The van der Waals surface area contributed by atoms with Crippen molar-refractivity contribution in [2.75, 3.05) is 6.54 Å². The third-order valence-corrected chi connectivity index (χ3v) is 2.68. The first-order valence-corrected chi connectivity index (χ1v) is 5.89. The van der Waals surface area contributed by atoms with E-state index in [0.29, 0.717) is 13.0 Å². The molecule has 3 N–H and O–H groups in total. The number of hydrogen-bond donors (Lipinski definition) is 3. The van der Waals surface area contributed by atoms with E-state index in [-0.39, 0.29) is 23.3 Å². The van der Waals surface area contributed by atoms with Gasteiger partial charge in [0.2, 0.25) is 5.91 Å². The minimum absolute atomic E-state index is 0.0422. The van der Waals surface area contributed by atoms with Gasteiger partial charge in [0, 0.05) is 6.54 Å². The van der Waals surface area contributed by atoms with Crippen LogP contribution in [0.5, 0.6) is 11.5 Å². The number of rotatable bonds is 5. The summed E-state index contributed by atoms with van der Waals surface area (Å²) in [6, 6.07) is 4.50. The van der Waals surface area contributed by atoms with E-state index in [1.165, 1.54) is 12.1 Å². The third-order valence-electron chi connectivity index (χ3n) is 2.68. The Morgan fingerprint density at radius 1 is 1.29 bits per heavy atom. The molecule has 17 heavy (non-hydrogen) atoms. The first-order valence-electron chi connectivity index (χ1n) is 5.89. The van der Waals surface area contributed by atoms with Crippen LogP contribution in [0.15, 0.2) is 18.2 Å². The van der Waals surface area contributed by atoms with Crippen molar-refractivity contribution < 1.29 is 15.0 Å². The lowest BCUT2D eigenvalue weighted by Gasteiger charge is -2.15. The van der Waals surface area contributed by atoms with Crippen molar-refractivity contribution in [3.63, 3.8) is 0 Å². The van der Waals surface area contributed by atoms with Crippen molar-refractivity contribution in [1.29, 1.82) is 0 Å². The van der Waals surface area contributed by atoms with Crippen molar-refractivity contribution >= 4 is 5.91 Å². The van der Waals surface area contributed by atoms with Crippen molar-refractivity contribution in [1.82, 2.24) is 5.32 Å². The largest absolute Gasteiger partial charge is 0.504 e. The minimum atomic E-state index is -0.284. The van der Waals surface area contributed by atoms with Crippen molar-refractivity contribution in [2.24, 2.45) is 0 Å². The summed E-state index contributed by atoms with van der Waals surface area (Å²) >= 11 is 0. The Morgan fingerprint density at radius 2 is 2.00 bits per heavy atom. The summed E-state index contributed by atoms with van der Waals surface area (Å²) < 4.78 is 0. The Kier molecular flexibility index (Phi) is 4.82. The molecule has 0 saturated heterocycles. The van der Waals surface area contributed by atoms with E-state index >= 15 is 0 Å². The van der Waals surface area contributed by atoms with Crippen LogP contribution in [0.1, 0.15) is 38.2 Å². The molecule has 1 rings (SSSR count). The second-order valence-corrected chi connectivity index (χ2v) is 4.00. The molecule has 1 aromatic carbocycles. The van der Waals surface area contributed by atoms with Gasteiger partial charge in [-0.15, -0.1) is 0 Å². The second-order valence-electron chi connectivity index (χ2n) is 4.00. The average molecular weight is 237 g/mol. The molecule has 0 radical (unpaired) electrons. The molecule has 1 unspecified atom stereocenters. The molecule has 1 amide bonds. The Bertz CT molecular complexity index is 390. The van der Waals surface area contributed by atoms with Crippen LogP contribution in [-0.2, 0) is 4.79 Å². The Hall–Kier alpha value is -1.71. The molecule has 0 aliphatic heterocycles. The number of aromatic hydroxyl groups is 2.